The van der Waals surface area contributed by atoms with Crippen LogP contribution in [-0.2, 0) is 15.6 Å². The minimum atomic E-state index is -2.79. The molecule has 0 bridgehead atoms. The molecular weight excluding hydrogens is 247 g/mol. The summed E-state index contributed by atoms with van der Waals surface area (Å²) in [5.41, 5.74) is 1.18. The predicted octanol–water partition coefficient (Wildman–Crippen LogP) is 2.97. The molecule has 18 heavy (non-hydrogen) atoms. The number of nitrogens with zero attached hydrogens (tertiary/aromatic N) is 2. The maximum atomic E-state index is 12.9. The van der Waals surface area contributed by atoms with Gasteiger partial charge in [-0.3, -0.25) is 4.57 Å². The van der Waals surface area contributed by atoms with Crippen molar-refractivity contribution in [1.82, 2.24) is 9.34 Å². The van der Waals surface area contributed by atoms with Crippen molar-refractivity contribution in [2.24, 2.45) is 0 Å². The Bertz CT molecular complexity index is 420. The van der Waals surface area contributed by atoms with Gasteiger partial charge in [0, 0.05) is 26.2 Å². The lowest BCUT2D eigenvalue weighted by Crippen LogP contribution is -2.28. The third-order valence-electron chi connectivity index (χ3n) is 3.26. The average Bonchev–Trinajstić information content (AvgIpc) is 2.74. The van der Waals surface area contributed by atoms with Crippen molar-refractivity contribution in [1.29, 1.82) is 0 Å². The van der Waals surface area contributed by atoms with Gasteiger partial charge in [-0.1, -0.05) is 44.2 Å². The van der Waals surface area contributed by atoms with E-state index in [0.29, 0.717) is 13.2 Å². The lowest BCUT2D eigenvalue weighted by Gasteiger charge is -2.31. The summed E-state index contributed by atoms with van der Waals surface area (Å²) in [6, 6.07) is 10.1. The molecule has 1 saturated heterocycles. The van der Waals surface area contributed by atoms with E-state index in [9.17, 15) is 4.57 Å². The van der Waals surface area contributed by atoms with Crippen LogP contribution >= 0.6 is 7.67 Å². The van der Waals surface area contributed by atoms with Crippen molar-refractivity contribution in [2.45, 2.75) is 20.4 Å². The van der Waals surface area contributed by atoms with Crippen molar-refractivity contribution in [3.63, 3.8) is 0 Å². The zero-order valence-electron chi connectivity index (χ0n) is 11.1. The summed E-state index contributed by atoms with van der Waals surface area (Å²) in [6.45, 7) is 7.52. The molecule has 0 N–H and O–H groups in total. The summed E-state index contributed by atoms with van der Waals surface area (Å²) in [4.78, 5) is 0. The van der Waals surface area contributed by atoms with Crippen LogP contribution < -0.4 is 0 Å². The van der Waals surface area contributed by atoms with Gasteiger partial charge in [0.05, 0.1) is 6.61 Å². The molecule has 5 heteroatoms. The fraction of sp³-hybridized carbons (Fsp3) is 0.538. The highest BCUT2D eigenvalue weighted by atomic mass is 31.2. The summed E-state index contributed by atoms with van der Waals surface area (Å²) in [5, 5.41) is 0. The largest absolute Gasteiger partial charge is 0.346 e. The number of hydrogen-bond donors (Lipinski definition) is 0. The van der Waals surface area contributed by atoms with Gasteiger partial charge in [0.15, 0.2) is 0 Å². The normalized spacial score (nSPS) is 24.8. The van der Waals surface area contributed by atoms with E-state index < -0.39 is 7.67 Å². The summed E-state index contributed by atoms with van der Waals surface area (Å²) in [7, 11) is -2.79. The number of hydrogen-bond acceptors (Lipinski definition) is 2. The molecule has 0 aliphatic carbocycles. The Morgan fingerprint density at radius 1 is 1.28 bits per heavy atom. The number of benzene rings is 1. The van der Waals surface area contributed by atoms with Crippen LogP contribution in [0.1, 0.15) is 19.4 Å². The van der Waals surface area contributed by atoms with E-state index >= 15 is 0 Å². The third kappa shape index (κ3) is 2.67. The second kappa shape index (κ2) is 5.98. The fourth-order valence-electron chi connectivity index (χ4n) is 2.28. The van der Waals surface area contributed by atoms with E-state index in [-0.39, 0.29) is 0 Å². The Morgan fingerprint density at radius 2 is 1.94 bits per heavy atom. The van der Waals surface area contributed by atoms with Gasteiger partial charge in [-0.25, -0.2) is 9.34 Å². The molecule has 1 aliphatic rings. The van der Waals surface area contributed by atoms with Crippen molar-refractivity contribution in [2.75, 3.05) is 26.2 Å². The lowest BCUT2D eigenvalue weighted by atomic mass is 10.2. The van der Waals surface area contributed by atoms with Gasteiger partial charge >= 0.3 is 7.67 Å². The molecule has 1 unspecified atom stereocenters. The molecule has 0 spiro atoms. The topological polar surface area (TPSA) is 32.8 Å². The summed E-state index contributed by atoms with van der Waals surface area (Å²) in [5.74, 6) is 0. The predicted molar refractivity (Wildman–Crippen MR) is 73.3 cm³/mol. The zero-order valence-corrected chi connectivity index (χ0v) is 12.0. The summed E-state index contributed by atoms with van der Waals surface area (Å²) >= 11 is 0. The van der Waals surface area contributed by atoms with Crippen molar-refractivity contribution < 1.29 is 9.09 Å². The molecule has 1 aromatic carbocycles. The van der Waals surface area contributed by atoms with Crippen molar-refractivity contribution >= 4 is 7.67 Å². The van der Waals surface area contributed by atoms with E-state index in [1.54, 1.807) is 0 Å². The van der Waals surface area contributed by atoms with Crippen LogP contribution in [0.2, 0.25) is 0 Å². The third-order valence-corrected chi connectivity index (χ3v) is 6.12. The molecule has 1 aromatic rings. The molecule has 100 valence electrons. The Morgan fingerprint density at radius 3 is 2.56 bits per heavy atom. The van der Waals surface area contributed by atoms with E-state index in [2.05, 4.69) is 12.1 Å². The van der Waals surface area contributed by atoms with Gasteiger partial charge in [0.2, 0.25) is 0 Å². The molecule has 0 amide bonds. The van der Waals surface area contributed by atoms with Gasteiger partial charge in [-0.15, -0.1) is 0 Å². The van der Waals surface area contributed by atoms with E-state index in [1.807, 2.05) is 41.4 Å². The maximum absolute atomic E-state index is 12.9. The average molecular weight is 268 g/mol. The first-order valence-electron chi connectivity index (χ1n) is 6.50. The van der Waals surface area contributed by atoms with Gasteiger partial charge in [-0.05, 0) is 5.56 Å². The van der Waals surface area contributed by atoms with Crippen molar-refractivity contribution in [3.8, 4) is 0 Å². The first-order chi connectivity index (χ1) is 8.70. The zero-order chi connectivity index (χ0) is 13.0. The Kier molecular flexibility index (Phi) is 4.57. The quantitative estimate of drug-likeness (QED) is 0.769. The van der Waals surface area contributed by atoms with Gasteiger partial charge in [-0.2, -0.15) is 0 Å². The van der Waals surface area contributed by atoms with Crippen LogP contribution in [-0.4, -0.2) is 35.6 Å². The summed E-state index contributed by atoms with van der Waals surface area (Å²) < 4.78 is 22.4. The first-order valence-corrected chi connectivity index (χ1v) is 8.03. The first kappa shape index (κ1) is 13.8. The molecule has 0 saturated carbocycles. The molecule has 1 heterocycles. The van der Waals surface area contributed by atoms with Crippen LogP contribution in [0.4, 0.5) is 0 Å². The highest BCUT2D eigenvalue weighted by Gasteiger charge is 2.41. The maximum Gasteiger partial charge on any atom is 0.346 e. The molecule has 1 atom stereocenters. The van der Waals surface area contributed by atoms with Crippen LogP contribution in [0.3, 0.4) is 0 Å². The second-order valence-electron chi connectivity index (χ2n) is 4.34. The standard InChI is InChI=1S/C13H21N2O2P/c1-3-14(4-2)18(16)15(10-11-17-18)12-13-8-6-5-7-9-13/h5-9H,3-4,10-12H2,1-2H3. The minimum Gasteiger partial charge on any atom is -0.304 e. The molecular formula is C13H21N2O2P. The summed E-state index contributed by atoms with van der Waals surface area (Å²) in [6.07, 6.45) is 0. The minimum absolute atomic E-state index is 0.556. The van der Waals surface area contributed by atoms with Gasteiger partial charge in [0.1, 0.15) is 0 Å². The van der Waals surface area contributed by atoms with Gasteiger partial charge < -0.3 is 4.52 Å². The molecule has 4 nitrogen and oxygen atoms in total. The Balaban J connectivity index is 2.15. The number of rotatable bonds is 5. The van der Waals surface area contributed by atoms with Crippen LogP contribution in [0, 0.1) is 0 Å². The van der Waals surface area contributed by atoms with Gasteiger partial charge in [0.25, 0.3) is 0 Å². The SMILES string of the molecule is CCN(CC)P1(=O)OCCN1Cc1ccccc1. The molecule has 2 rings (SSSR count). The van der Waals surface area contributed by atoms with E-state index in [0.717, 1.165) is 19.6 Å². The van der Waals surface area contributed by atoms with Crippen LogP contribution in [0.5, 0.6) is 0 Å². The van der Waals surface area contributed by atoms with Crippen LogP contribution in [0.15, 0.2) is 30.3 Å². The van der Waals surface area contributed by atoms with Crippen molar-refractivity contribution in [3.05, 3.63) is 35.9 Å². The highest BCUT2D eigenvalue weighted by Crippen LogP contribution is 2.57. The Labute approximate surface area is 109 Å². The van der Waals surface area contributed by atoms with E-state index in [1.165, 1.54) is 5.56 Å². The van der Waals surface area contributed by atoms with Crippen LogP contribution in [0.25, 0.3) is 0 Å². The Hall–Kier alpha value is -0.670. The molecule has 0 radical (unpaired) electrons. The molecule has 0 aromatic heterocycles. The lowest BCUT2D eigenvalue weighted by molar-refractivity contribution is 0.291. The monoisotopic (exact) mass is 268 g/mol. The molecule has 1 aliphatic heterocycles. The molecule has 1 fully saturated rings. The second-order valence-corrected chi connectivity index (χ2v) is 6.71. The smallest absolute Gasteiger partial charge is 0.304 e. The highest BCUT2D eigenvalue weighted by molar-refractivity contribution is 7.54. The van der Waals surface area contributed by atoms with E-state index in [4.69, 9.17) is 4.52 Å². The fourth-order valence-corrected chi connectivity index (χ4v) is 4.67.